The number of hydrogen-bond acceptors (Lipinski definition) is 5. The molecule has 0 atom stereocenters. The minimum absolute atomic E-state index is 0.0572. The predicted molar refractivity (Wildman–Crippen MR) is 105 cm³/mol. The molecule has 0 aromatic carbocycles. The van der Waals surface area contributed by atoms with Gasteiger partial charge < -0.3 is 9.30 Å². The van der Waals surface area contributed by atoms with E-state index in [4.69, 9.17) is 17.0 Å². The molecular formula is C18H19N3O2S2. The molecule has 1 fully saturated rings. The Kier molecular flexibility index (Phi) is 5.36. The lowest BCUT2D eigenvalue weighted by molar-refractivity contribution is -0.122. The molecule has 130 valence electrons. The maximum absolute atomic E-state index is 12.6. The summed E-state index contributed by atoms with van der Waals surface area (Å²) in [5.74, 6) is -0.0572. The van der Waals surface area contributed by atoms with E-state index >= 15 is 0 Å². The van der Waals surface area contributed by atoms with E-state index < -0.39 is 0 Å². The van der Waals surface area contributed by atoms with Gasteiger partial charge in [0.05, 0.1) is 29.9 Å². The minimum Gasteiger partial charge on any atom is -0.383 e. The lowest BCUT2D eigenvalue weighted by Crippen LogP contribution is -2.31. The van der Waals surface area contributed by atoms with Crippen molar-refractivity contribution < 1.29 is 9.53 Å². The number of aromatic nitrogens is 2. The lowest BCUT2D eigenvalue weighted by Gasteiger charge is -2.12. The molecule has 1 saturated heterocycles. The Morgan fingerprint density at radius 1 is 1.40 bits per heavy atom. The molecule has 3 heterocycles. The van der Waals surface area contributed by atoms with Crippen molar-refractivity contribution in [2.45, 2.75) is 13.8 Å². The first-order valence-corrected chi connectivity index (χ1v) is 9.09. The molecule has 0 saturated carbocycles. The molecule has 5 nitrogen and oxygen atoms in total. The minimum atomic E-state index is -0.0572. The first-order valence-electron chi connectivity index (χ1n) is 7.86. The number of aryl methyl sites for hydroxylation is 1. The molecule has 7 heteroatoms. The van der Waals surface area contributed by atoms with Gasteiger partial charge in [0, 0.05) is 24.7 Å². The average molecular weight is 374 g/mol. The van der Waals surface area contributed by atoms with E-state index in [9.17, 15) is 4.79 Å². The number of thiocarbonyl (C=S) groups is 1. The number of pyridine rings is 1. The zero-order valence-corrected chi connectivity index (χ0v) is 16.0. The van der Waals surface area contributed by atoms with Crippen LogP contribution in [0.15, 0.2) is 35.5 Å². The molecule has 2 aromatic heterocycles. The van der Waals surface area contributed by atoms with E-state index in [1.165, 1.54) is 11.8 Å². The summed E-state index contributed by atoms with van der Waals surface area (Å²) in [6.45, 7) is 5.03. The van der Waals surface area contributed by atoms with Gasteiger partial charge in [-0.2, -0.15) is 0 Å². The zero-order chi connectivity index (χ0) is 18.0. The number of carbonyl (C=O) groups excluding carboxylic acids is 1. The Morgan fingerprint density at radius 3 is 2.88 bits per heavy atom. The first kappa shape index (κ1) is 17.8. The topological polar surface area (TPSA) is 47.4 Å². The number of nitrogens with zero attached hydrogens (tertiary/aromatic N) is 3. The standard InChI is InChI=1S/C18H19N3O2S2/c1-12-9-14(13(2)21(12)15-5-4-6-19-11-15)10-16-17(22)20(7-8-23-3)18(24)25-16/h4-6,9-11H,7-8H2,1-3H3/b16-10-. The van der Waals surface area contributed by atoms with E-state index in [2.05, 4.69) is 15.6 Å². The van der Waals surface area contributed by atoms with Gasteiger partial charge >= 0.3 is 0 Å². The summed E-state index contributed by atoms with van der Waals surface area (Å²) in [7, 11) is 1.61. The molecule has 25 heavy (non-hydrogen) atoms. The van der Waals surface area contributed by atoms with Crippen molar-refractivity contribution in [3.8, 4) is 5.69 Å². The van der Waals surface area contributed by atoms with Crippen LogP contribution in [0.1, 0.15) is 17.0 Å². The smallest absolute Gasteiger partial charge is 0.266 e. The third kappa shape index (κ3) is 3.53. The van der Waals surface area contributed by atoms with Crippen LogP contribution in [0, 0.1) is 13.8 Å². The Balaban J connectivity index is 1.93. The van der Waals surface area contributed by atoms with Crippen LogP contribution in [0.4, 0.5) is 0 Å². The van der Waals surface area contributed by atoms with Crippen molar-refractivity contribution in [2.24, 2.45) is 0 Å². The maximum Gasteiger partial charge on any atom is 0.266 e. The first-order chi connectivity index (χ1) is 12.0. The highest BCUT2D eigenvalue weighted by atomic mass is 32.2. The summed E-state index contributed by atoms with van der Waals surface area (Å²) in [4.78, 5) is 19.0. The molecule has 1 aliphatic rings. The molecule has 0 N–H and O–H groups in total. The molecule has 0 aliphatic carbocycles. The SMILES string of the molecule is COCCN1C(=O)/C(=C/c2cc(C)n(-c3cccnc3)c2C)SC1=S. The third-order valence-corrected chi connectivity index (χ3v) is 5.43. The van der Waals surface area contributed by atoms with Crippen LogP contribution in [-0.4, -0.2) is 44.9 Å². The number of carbonyl (C=O) groups is 1. The summed E-state index contributed by atoms with van der Waals surface area (Å²) < 4.78 is 7.76. The normalized spacial score (nSPS) is 16.3. The van der Waals surface area contributed by atoms with Gasteiger partial charge in [0.1, 0.15) is 4.32 Å². The highest BCUT2D eigenvalue weighted by Crippen LogP contribution is 2.33. The van der Waals surface area contributed by atoms with Gasteiger partial charge in [-0.25, -0.2) is 0 Å². The van der Waals surface area contributed by atoms with E-state index in [0.29, 0.717) is 22.4 Å². The molecular weight excluding hydrogens is 354 g/mol. The van der Waals surface area contributed by atoms with Crippen LogP contribution in [0.25, 0.3) is 11.8 Å². The predicted octanol–water partition coefficient (Wildman–Crippen LogP) is 3.34. The molecule has 0 spiro atoms. The molecule has 0 unspecified atom stereocenters. The molecule has 0 radical (unpaired) electrons. The van der Waals surface area contributed by atoms with Crippen molar-refractivity contribution in [3.63, 3.8) is 0 Å². The molecule has 1 aliphatic heterocycles. The highest BCUT2D eigenvalue weighted by Gasteiger charge is 2.31. The number of rotatable bonds is 5. The van der Waals surface area contributed by atoms with Crippen molar-refractivity contribution in [1.29, 1.82) is 0 Å². The van der Waals surface area contributed by atoms with Gasteiger partial charge in [-0.05, 0) is 43.7 Å². The summed E-state index contributed by atoms with van der Waals surface area (Å²) in [6, 6.07) is 6.00. The van der Waals surface area contributed by atoms with Crippen molar-refractivity contribution in [3.05, 3.63) is 52.4 Å². The Morgan fingerprint density at radius 2 is 2.20 bits per heavy atom. The quantitative estimate of drug-likeness (QED) is 0.594. The number of amides is 1. The molecule has 3 rings (SSSR count). The zero-order valence-electron chi connectivity index (χ0n) is 14.4. The molecule has 1 amide bonds. The van der Waals surface area contributed by atoms with Crippen LogP contribution in [0.2, 0.25) is 0 Å². The molecule has 0 bridgehead atoms. The number of hydrogen-bond donors (Lipinski definition) is 0. The van der Waals surface area contributed by atoms with Gasteiger partial charge in [-0.15, -0.1) is 0 Å². The Hall–Kier alpha value is -1.96. The van der Waals surface area contributed by atoms with E-state index in [1.54, 1.807) is 18.2 Å². The van der Waals surface area contributed by atoms with Crippen molar-refractivity contribution in [2.75, 3.05) is 20.3 Å². The van der Waals surface area contributed by atoms with Gasteiger partial charge in [0.15, 0.2) is 0 Å². The van der Waals surface area contributed by atoms with Gasteiger partial charge in [-0.3, -0.25) is 14.7 Å². The highest BCUT2D eigenvalue weighted by molar-refractivity contribution is 8.26. The molecule has 2 aromatic rings. The fourth-order valence-electron chi connectivity index (χ4n) is 2.83. The fraction of sp³-hybridized carbons (Fsp3) is 0.278. The van der Waals surface area contributed by atoms with Crippen molar-refractivity contribution in [1.82, 2.24) is 14.5 Å². The van der Waals surface area contributed by atoms with Crippen molar-refractivity contribution >= 4 is 40.3 Å². The number of ether oxygens (including phenoxy) is 1. The monoisotopic (exact) mass is 373 g/mol. The average Bonchev–Trinajstić information content (AvgIpc) is 3.03. The second-order valence-electron chi connectivity index (χ2n) is 5.70. The third-order valence-electron chi connectivity index (χ3n) is 4.05. The van der Waals surface area contributed by atoms with Gasteiger partial charge in [0.25, 0.3) is 5.91 Å². The van der Waals surface area contributed by atoms with Gasteiger partial charge in [-0.1, -0.05) is 24.0 Å². The summed E-state index contributed by atoms with van der Waals surface area (Å²) >= 11 is 6.66. The largest absolute Gasteiger partial charge is 0.383 e. The number of thioether (sulfide) groups is 1. The van der Waals surface area contributed by atoms with Gasteiger partial charge in [0.2, 0.25) is 0 Å². The summed E-state index contributed by atoms with van der Waals surface area (Å²) in [6.07, 6.45) is 5.50. The van der Waals surface area contributed by atoms with Crippen LogP contribution in [-0.2, 0) is 9.53 Å². The maximum atomic E-state index is 12.6. The Labute approximate surface area is 156 Å². The lowest BCUT2D eigenvalue weighted by atomic mass is 10.2. The fourth-order valence-corrected chi connectivity index (χ4v) is 4.13. The second-order valence-corrected chi connectivity index (χ2v) is 7.38. The summed E-state index contributed by atoms with van der Waals surface area (Å²) in [5.41, 5.74) is 4.16. The van der Waals surface area contributed by atoms with E-state index in [1.807, 2.05) is 38.3 Å². The van der Waals surface area contributed by atoms with E-state index in [0.717, 1.165) is 22.6 Å². The van der Waals surface area contributed by atoms with E-state index in [-0.39, 0.29) is 5.91 Å². The Bertz CT molecular complexity index is 844. The van der Waals surface area contributed by atoms with Crippen LogP contribution in [0.3, 0.4) is 0 Å². The summed E-state index contributed by atoms with van der Waals surface area (Å²) in [5, 5.41) is 0. The number of methoxy groups -OCH3 is 1. The van der Waals surface area contributed by atoms with Crippen LogP contribution >= 0.6 is 24.0 Å². The van der Waals surface area contributed by atoms with Crippen LogP contribution in [0.5, 0.6) is 0 Å². The second kappa shape index (κ2) is 7.51. The van der Waals surface area contributed by atoms with Crippen LogP contribution < -0.4 is 0 Å².